The van der Waals surface area contributed by atoms with E-state index in [9.17, 15) is 13.5 Å². The summed E-state index contributed by atoms with van der Waals surface area (Å²) >= 11 is 0. The van der Waals surface area contributed by atoms with Gasteiger partial charge in [0.05, 0.1) is 16.6 Å². The molecule has 4 aromatic rings. The van der Waals surface area contributed by atoms with Crippen LogP contribution in [0.3, 0.4) is 0 Å². The summed E-state index contributed by atoms with van der Waals surface area (Å²) in [6.45, 7) is 3.97. The molecule has 0 saturated carbocycles. The monoisotopic (exact) mass is 514 g/mol. The highest BCUT2D eigenvalue weighted by molar-refractivity contribution is 7.92. The predicted molar refractivity (Wildman–Crippen MR) is 140 cm³/mol. The molecular weight excluding hydrogens is 488 g/mol. The molecule has 3 aromatic carbocycles. The molecule has 188 valence electrons. The van der Waals surface area contributed by atoms with E-state index in [-0.39, 0.29) is 22.8 Å². The number of anilines is 1. The normalized spacial score (nSPS) is 21.8. The van der Waals surface area contributed by atoms with Crippen molar-refractivity contribution >= 4 is 16.0 Å². The van der Waals surface area contributed by atoms with Crippen LogP contribution >= 0.6 is 0 Å². The Kier molecular flexibility index (Phi) is 5.71. The maximum atomic E-state index is 13.3. The van der Waals surface area contributed by atoms with Gasteiger partial charge in [0.25, 0.3) is 10.0 Å². The summed E-state index contributed by atoms with van der Waals surface area (Å²) in [5.41, 5.74) is 5.97. The van der Waals surface area contributed by atoms with E-state index in [0.717, 1.165) is 27.8 Å². The first-order valence-electron chi connectivity index (χ1n) is 12.1. The molecule has 0 fully saturated rings. The van der Waals surface area contributed by atoms with Gasteiger partial charge < -0.3 is 9.84 Å². The van der Waals surface area contributed by atoms with Crippen LogP contribution in [0.4, 0.5) is 5.95 Å². The van der Waals surface area contributed by atoms with Crippen molar-refractivity contribution in [1.29, 1.82) is 0 Å². The summed E-state index contributed by atoms with van der Waals surface area (Å²) in [5, 5.41) is 14.3. The number of aryl methyl sites for hydroxylation is 2. The third-order valence-electron chi connectivity index (χ3n) is 6.94. The van der Waals surface area contributed by atoms with Crippen molar-refractivity contribution in [2.24, 2.45) is 0 Å². The lowest BCUT2D eigenvalue weighted by Crippen LogP contribution is -2.38. The second kappa shape index (κ2) is 8.95. The highest BCUT2D eigenvalue weighted by Crippen LogP contribution is 2.38. The summed E-state index contributed by atoms with van der Waals surface area (Å²) < 4.78 is 35.6. The van der Waals surface area contributed by atoms with E-state index < -0.39 is 22.4 Å². The second-order valence-electron chi connectivity index (χ2n) is 9.48. The van der Waals surface area contributed by atoms with Crippen molar-refractivity contribution in [2.75, 3.05) is 4.72 Å². The van der Waals surface area contributed by atoms with Crippen LogP contribution in [0.15, 0.2) is 77.7 Å². The third-order valence-corrected chi connectivity index (χ3v) is 8.26. The number of hydrogen-bond donors (Lipinski definition) is 3. The maximum Gasteiger partial charge on any atom is 0.264 e. The van der Waals surface area contributed by atoms with E-state index in [1.54, 1.807) is 18.2 Å². The molecular formula is C28H26N4O4S. The molecule has 2 aliphatic rings. The number of sulfonamides is 1. The highest BCUT2D eigenvalue weighted by Gasteiger charge is 2.36. The van der Waals surface area contributed by atoms with Crippen molar-refractivity contribution < 1.29 is 18.3 Å². The largest absolute Gasteiger partial charge is 0.468 e. The smallest absolute Gasteiger partial charge is 0.264 e. The number of aromatic nitrogens is 2. The molecule has 3 N–H and O–H groups in total. The summed E-state index contributed by atoms with van der Waals surface area (Å²) in [7, 11) is -4.04. The molecule has 2 heterocycles. The van der Waals surface area contributed by atoms with Gasteiger partial charge in [-0.2, -0.15) is 4.98 Å². The zero-order valence-electron chi connectivity index (χ0n) is 20.3. The molecule has 37 heavy (non-hydrogen) atoms. The van der Waals surface area contributed by atoms with Gasteiger partial charge in [-0.15, -0.1) is 0 Å². The van der Waals surface area contributed by atoms with Gasteiger partial charge in [-0.25, -0.2) is 18.1 Å². The molecule has 0 radical (unpaired) electrons. The number of ether oxygens (including phenoxy) is 1. The zero-order valence-corrected chi connectivity index (χ0v) is 21.2. The van der Waals surface area contributed by atoms with Gasteiger partial charge in [-0.05, 0) is 60.2 Å². The minimum Gasteiger partial charge on any atom is -0.468 e. The Labute approximate surface area is 215 Å². The van der Waals surface area contributed by atoms with Crippen LogP contribution in [0, 0.1) is 13.8 Å². The van der Waals surface area contributed by atoms with Crippen LogP contribution in [0.2, 0.25) is 0 Å². The number of rotatable bonds is 1. The minimum absolute atomic E-state index is 0.0000939. The van der Waals surface area contributed by atoms with Gasteiger partial charge in [0.15, 0.2) is 0 Å². The number of nitrogens with zero attached hydrogens (tertiary/aromatic N) is 2. The lowest BCUT2D eigenvalue weighted by molar-refractivity contribution is 0.0814. The minimum atomic E-state index is -4.04. The van der Waals surface area contributed by atoms with E-state index in [0.29, 0.717) is 17.7 Å². The molecule has 0 spiro atoms. The standard InChI is InChI=1S/C28H26N4O4S/c1-16-7-5-8-17(2)25(16)22-15-24-31-28(30-22)32-37(34,35)20-11-6-10-19(13-20)27(33)29-23-14-18-9-3-4-12-21(18)26(23)36-24/h3-13,15,23,26-27,29,33H,14H2,1-2H3,(H,30,31,32)/t23-,26+,27?/m1/s1. The molecule has 1 unspecified atom stereocenters. The van der Waals surface area contributed by atoms with Crippen molar-refractivity contribution in [3.8, 4) is 17.1 Å². The lowest BCUT2D eigenvalue weighted by atomic mass is 10.00. The Bertz CT molecular complexity index is 1600. The Morgan fingerprint density at radius 2 is 1.70 bits per heavy atom. The SMILES string of the molecule is Cc1cccc(C)c1-c1cc2nc(n1)NS(=O)(=O)c1cccc(c1)C(O)N[C@@H]1Cc3ccccc3[C@@H]1O2. The molecule has 4 bridgehead atoms. The Morgan fingerprint density at radius 1 is 0.946 bits per heavy atom. The molecule has 1 aromatic heterocycles. The third kappa shape index (κ3) is 4.35. The number of benzene rings is 3. The predicted octanol–water partition coefficient (Wildman–Crippen LogP) is 4.20. The lowest BCUT2D eigenvalue weighted by Gasteiger charge is -2.25. The van der Waals surface area contributed by atoms with Gasteiger partial charge >= 0.3 is 0 Å². The van der Waals surface area contributed by atoms with E-state index in [1.807, 2.05) is 56.3 Å². The topological polar surface area (TPSA) is 113 Å². The maximum absolute atomic E-state index is 13.3. The molecule has 3 atom stereocenters. The van der Waals surface area contributed by atoms with Gasteiger partial charge in [0.1, 0.15) is 12.3 Å². The molecule has 1 aliphatic heterocycles. The van der Waals surface area contributed by atoms with Crippen LogP contribution in [-0.2, 0) is 16.4 Å². The number of hydrogen-bond acceptors (Lipinski definition) is 7. The molecule has 8 nitrogen and oxygen atoms in total. The van der Waals surface area contributed by atoms with Crippen LogP contribution in [-0.4, -0.2) is 29.5 Å². The average Bonchev–Trinajstić information content (AvgIpc) is 3.20. The number of fused-ring (bicyclic) bond motifs is 7. The summed E-state index contributed by atoms with van der Waals surface area (Å²) in [6, 6.07) is 21.6. The van der Waals surface area contributed by atoms with E-state index >= 15 is 0 Å². The van der Waals surface area contributed by atoms with E-state index in [2.05, 4.69) is 20.0 Å². The molecule has 1 aliphatic carbocycles. The quantitative estimate of drug-likeness (QED) is 0.349. The van der Waals surface area contributed by atoms with E-state index in [1.165, 1.54) is 12.1 Å². The highest BCUT2D eigenvalue weighted by atomic mass is 32.2. The Hall–Kier alpha value is -3.79. The summed E-state index contributed by atoms with van der Waals surface area (Å²) in [6.07, 6.45) is -0.920. The van der Waals surface area contributed by atoms with Crippen molar-refractivity contribution in [2.45, 2.75) is 43.5 Å². The van der Waals surface area contributed by atoms with Gasteiger partial charge in [-0.3, -0.25) is 5.32 Å². The Balaban J connectivity index is 1.55. The molecule has 0 amide bonds. The summed E-state index contributed by atoms with van der Waals surface area (Å²) in [5.74, 6) is 0.149. The molecule has 6 rings (SSSR count). The molecule has 9 heteroatoms. The van der Waals surface area contributed by atoms with Crippen molar-refractivity contribution in [3.63, 3.8) is 0 Å². The summed E-state index contributed by atoms with van der Waals surface area (Å²) in [4.78, 5) is 9.04. The number of aliphatic hydroxyl groups is 1. The van der Waals surface area contributed by atoms with E-state index in [4.69, 9.17) is 4.74 Å². The van der Waals surface area contributed by atoms with Crippen LogP contribution in [0.1, 0.15) is 40.1 Å². The number of nitrogens with one attached hydrogen (secondary N) is 2. The first-order valence-corrected chi connectivity index (χ1v) is 13.5. The first kappa shape index (κ1) is 23.6. The van der Waals surface area contributed by atoms with Gasteiger partial charge in [0.2, 0.25) is 11.8 Å². The first-order chi connectivity index (χ1) is 17.8. The molecule has 0 saturated heterocycles. The average molecular weight is 515 g/mol. The van der Waals surface area contributed by atoms with Gasteiger partial charge in [0, 0.05) is 11.6 Å². The van der Waals surface area contributed by atoms with Crippen LogP contribution in [0.5, 0.6) is 5.88 Å². The van der Waals surface area contributed by atoms with Crippen LogP contribution < -0.4 is 14.8 Å². The zero-order chi connectivity index (χ0) is 25.7. The number of aliphatic hydroxyl groups excluding tert-OH is 1. The second-order valence-corrected chi connectivity index (χ2v) is 11.2. The van der Waals surface area contributed by atoms with Crippen molar-refractivity contribution in [1.82, 2.24) is 15.3 Å². The van der Waals surface area contributed by atoms with Gasteiger partial charge in [-0.1, -0.05) is 54.6 Å². The fraction of sp³-hybridized carbons (Fsp3) is 0.214. The Morgan fingerprint density at radius 3 is 2.51 bits per heavy atom. The fourth-order valence-corrected chi connectivity index (χ4v) is 6.19. The van der Waals surface area contributed by atoms with Crippen molar-refractivity contribution in [3.05, 3.63) is 101 Å². The van der Waals surface area contributed by atoms with Crippen LogP contribution in [0.25, 0.3) is 11.3 Å². The fourth-order valence-electron chi connectivity index (χ4n) is 5.19.